The van der Waals surface area contributed by atoms with E-state index in [0.717, 1.165) is 0 Å². The highest BCUT2D eigenvalue weighted by atomic mass is 16.5. The van der Waals surface area contributed by atoms with E-state index in [2.05, 4.69) is 10.3 Å². The highest BCUT2D eigenvalue weighted by Crippen LogP contribution is 2.17. The van der Waals surface area contributed by atoms with Crippen LogP contribution in [0.2, 0.25) is 0 Å². The number of hydrogen-bond acceptors (Lipinski definition) is 4. The molecule has 1 aromatic carbocycles. The quantitative estimate of drug-likeness (QED) is 0.843. The number of nitrogens with one attached hydrogen (secondary N) is 1. The SMILES string of the molecule is CCOc1ncccc1C(=O)N[C@@H](C(N)=O)c1ccccc1. The summed E-state index contributed by atoms with van der Waals surface area (Å²) in [6.07, 6.45) is 1.53. The molecule has 22 heavy (non-hydrogen) atoms. The van der Waals surface area contributed by atoms with Crippen LogP contribution in [-0.4, -0.2) is 23.4 Å². The minimum absolute atomic E-state index is 0.221. The van der Waals surface area contributed by atoms with Gasteiger partial charge in [0.25, 0.3) is 5.91 Å². The first-order valence-corrected chi connectivity index (χ1v) is 6.86. The van der Waals surface area contributed by atoms with Gasteiger partial charge in [0.05, 0.1) is 6.61 Å². The summed E-state index contributed by atoms with van der Waals surface area (Å²) < 4.78 is 5.32. The van der Waals surface area contributed by atoms with Crippen LogP contribution in [0.1, 0.15) is 28.9 Å². The van der Waals surface area contributed by atoms with Crippen molar-refractivity contribution in [1.29, 1.82) is 0 Å². The summed E-state index contributed by atoms with van der Waals surface area (Å²) >= 11 is 0. The Morgan fingerprint density at radius 3 is 2.59 bits per heavy atom. The molecule has 6 nitrogen and oxygen atoms in total. The highest BCUT2D eigenvalue weighted by molar-refractivity contribution is 5.99. The van der Waals surface area contributed by atoms with E-state index in [0.29, 0.717) is 12.2 Å². The average molecular weight is 299 g/mol. The number of hydrogen-bond donors (Lipinski definition) is 2. The van der Waals surface area contributed by atoms with E-state index in [1.807, 2.05) is 6.07 Å². The van der Waals surface area contributed by atoms with Crippen molar-refractivity contribution in [1.82, 2.24) is 10.3 Å². The summed E-state index contributed by atoms with van der Waals surface area (Å²) in [5.74, 6) is -0.885. The molecular formula is C16H17N3O3. The molecule has 1 aromatic heterocycles. The van der Waals surface area contributed by atoms with Gasteiger partial charge in [-0.25, -0.2) is 4.98 Å². The van der Waals surface area contributed by atoms with Crippen LogP contribution in [-0.2, 0) is 4.79 Å². The van der Waals surface area contributed by atoms with Gasteiger partial charge in [-0.15, -0.1) is 0 Å². The maximum Gasteiger partial charge on any atom is 0.257 e. The van der Waals surface area contributed by atoms with E-state index in [4.69, 9.17) is 10.5 Å². The lowest BCUT2D eigenvalue weighted by Crippen LogP contribution is -2.37. The molecule has 2 amide bonds. The molecule has 2 rings (SSSR count). The van der Waals surface area contributed by atoms with Crippen molar-refractivity contribution < 1.29 is 14.3 Å². The molecule has 0 bridgehead atoms. The third-order valence-electron chi connectivity index (χ3n) is 2.99. The van der Waals surface area contributed by atoms with Crippen LogP contribution < -0.4 is 15.8 Å². The zero-order chi connectivity index (χ0) is 15.9. The van der Waals surface area contributed by atoms with Crippen LogP contribution in [0.5, 0.6) is 5.88 Å². The van der Waals surface area contributed by atoms with Crippen LogP contribution >= 0.6 is 0 Å². The van der Waals surface area contributed by atoms with Crippen molar-refractivity contribution in [3.05, 3.63) is 59.8 Å². The number of aromatic nitrogens is 1. The number of pyridine rings is 1. The summed E-state index contributed by atoms with van der Waals surface area (Å²) in [6.45, 7) is 2.18. The standard InChI is InChI=1S/C16H17N3O3/c1-2-22-16-12(9-6-10-18-16)15(21)19-13(14(17)20)11-7-4-3-5-8-11/h3-10,13H,2H2,1H3,(H2,17,20)(H,19,21)/t13-/m1/s1. The lowest BCUT2D eigenvalue weighted by molar-refractivity contribution is -0.120. The molecule has 114 valence electrons. The first-order chi connectivity index (χ1) is 10.6. The molecule has 0 spiro atoms. The van der Waals surface area contributed by atoms with E-state index in [-0.39, 0.29) is 11.4 Å². The number of amides is 2. The zero-order valence-corrected chi connectivity index (χ0v) is 12.2. The topological polar surface area (TPSA) is 94.3 Å². The van der Waals surface area contributed by atoms with Crippen molar-refractivity contribution in [2.45, 2.75) is 13.0 Å². The Morgan fingerprint density at radius 1 is 1.23 bits per heavy atom. The van der Waals surface area contributed by atoms with E-state index in [1.54, 1.807) is 43.3 Å². The molecule has 3 N–H and O–H groups in total. The fraction of sp³-hybridized carbons (Fsp3) is 0.188. The average Bonchev–Trinajstić information content (AvgIpc) is 2.54. The summed E-state index contributed by atoms with van der Waals surface area (Å²) in [4.78, 5) is 28.0. The van der Waals surface area contributed by atoms with E-state index < -0.39 is 17.9 Å². The van der Waals surface area contributed by atoms with Gasteiger partial charge in [-0.1, -0.05) is 30.3 Å². The number of carbonyl (C=O) groups is 2. The Hall–Kier alpha value is -2.89. The second-order valence-electron chi connectivity index (χ2n) is 4.51. The van der Waals surface area contributed by atoms with Crippen molar-refractivity contribution in [2.24, 2.45) is 5.73 Å². The van der Waals surface area contributed by atoms with Crippen LogP contribution in [0.3, 0.4) is 0 Å². The van der Waals surface area contributed by atoms with Gasteiger partial charge in [-0.3, -0.25) is 9.59 Å². The first-order valence-electron chi connectivity index (χ1n) is 6.86. The van der Waals surface area contributed by atoms with Crippen molar-refractivity contribution in [3.63, 3.8) is 0 Å². The maximum atomic E-state index is 12.4. The number of ether oxygens (including phenoxy) is 1. The molecule has 1 atom stereocenters. The number of primary amides is 1. The van der Waals surface area contributed by atoms with Crippen LogP contribution in [0.4, 0.5) is 0 Å². The van der Waals surface area contributed by atoms with Crippen LogP contribution in [0.25, 0.3) is 0 Å². The molecule has 1 heterocycles. The highest BCUT2D eigenvalue weighted by Gasteiger charge is 2.22. The Labute approximate surface area is 128 Å². The molecule has 6 heteroatoms. The minimum atomic E-state index is -0.914. The number of carbonyl (C=O) groups excluding carboxylic acids is 2. The number of benzene rings is 1. The predicted octanol–water partition coefficient (Wildman–Crippen LogP) is 1.44. The lowest BCUT2D eigenvalue weighted by Gasteiger charge is -2.16. The van der Waals surface area contributed by atoms with Gasteiger partial charge in [-0.2, -0.15) is 0 Å². The van der Waals surface area contributed by atoms with Gasteiger partial charge in [0.1, 0.15) is 11.6 Å². The third-order valence-corrected chi connectivity index (χ3v) is 2.99. The molecule has 0 unspecified atom stereocenters. The van der Waals surface area contributed by atoms with E-state index in [9.17, 15) is 9.59 Å². The molecule has 0 aliphatic rings. The number of rotatable bonds is 6. The molecule has 2 aromatic rings. The van der Waals surface area contributed by atoms with Crippen LogP contribution in [0.15, 0.2) is 48.7 Å². The fourth-order valence-electron chi connectivity index (χ4n) is 1.99. The predicted molar refractivity (Wildman–Crippen MR) is 81.2 cm³/mol. The van der Waals surface area contributed by atoms with Crippen molar-refractivity contribution in [3.8, 4) is 5.88 Å². The van der Waals surface area contributed by atoms with Gasteiger partial charge < -0.3 is 15.8 Å². The van der Waals surface area contributed by atoms with Gasteiger partial charge in [-0.05, 0) is 24.6 Å². The molecule has 0 radical (unpaired) electrons. The Bertz CT molecular complexity index is 659. The lowest BCUT2D eigenvalue weighted by atomic mass is 10.1. The smallest absolute Gasteiger partial charge is 0.257 e. The largest absolute Gasteiger partial charge is 0.477 e. The Morgan fingerprint density at radius 2 is 1.95 bits per heavy atom. The number of nitrogens with two attached hydrogens (primary N) is 1. The molecule has 0 saturated heterocycles. The molecule has 0 fully saturated rings. The molecule has 0 aliphatic heterocycles. The monoisotopic (exact) mass is 299 g/mol. The Balaban J connectivity index is 2.24. The first kappa shape index (κ1) is 15.5. The Kier molecular flexibility index (Phi) is 5.08. The fourth-order valence-corrected chi connectivity index (χ4v) is 1.99. The third kappa shape index (κ3) is 3.60. The van der Waals surface area contributed by atoms with Crippen molar-refractivity contribution >= 4 is 11.8 Å². The molecule has 0 saturated carbocycles. The summed E-state index contributed by atoms with van der Waals surface area (Å²) in [7, 11) is 0. The maximum absolute atomic E-state index is 12.4. The normalized spacial score (nSPS) is 11.5. The van der Waals surface area contributed by atoms with Gasteiger partial charge in [0.2, 0.25) is 11.8 Å². The van der Waals surface area contributed by atoms with Gasteiger partial charge >= 0.3 is 0 Å². The van der Waals surface area contributed by atoms with Crippen LogP contribution in [0, 0.1) is 0 Å². The second-order valence-corrected chi connectivity index (χ2v) is 4.51. The van der Waals surface area contributed by atoms with E-state index >= 15 is 0 Å². The minimum Gasteiger partial charge on any atom is -0.477 e. The molecule has 0 aliphatic carbocycles. The summed E-state index contributed by atoms with van der Waals surface area (Å²) in [5, 5.41) is 2.61. The van der Waals surface area contributed by atoms with E-state index in [1.165, 1.54) is 6.20 Å². The molecular weight excluding hydrogens is 282 g/mol. The van der Waals surface area contributed by atoms with Gasteiger partial charge in [0.15, 0.2) is 0 Å². The zero-order valence-electron chi connectivity index (χ0n) is 12.2. The summed E-state index contributed by atoms with van der Waals surface area (Å²) in [5.41, 5.74) is 6.26. The second kappa shape index (κ2) is 7.21. The number of nitrogens with zero attached hydrogens (tertiary/aromatic N) is 1. The summed E-state index contributed by atoms with van der Waals surface area (Å²) in [6, 6.07) is 11.1. The van der Waals surface area contributed by atoms with Crippen molar-refractivity contribution in [2.75, 3.05) is 6.61 Å². The van der Waals surface area contributed by atoms with Gasteiger partial charge in [0, 0.05) is 6.20 Å².